The standard InChI is InChI=1S/C17H18N2O2/c20-12-13-10-17(21)19(11-13)16-9-5-4-8-15(16)18-14-6-2-1-3-7-14/h1-9,13,18,20H,10-12H2. The van der Waals surface area contributed by atoms with Crippen LogP contribution in [0.1, 0.15) is 6.42 Å². The number of amides is 1. The zero-order valence-corrected chi connectivity index (χ0v) is 11.7. The maximum atomic E-state index is 12.1. The van der Waals surface area contributed by atoms with E-state index in [1.165, 1.54) is 0 Å². The Morgan fingerprint density at radius 2 is 1.81 bits per heavy atom. The van der Waals surface area contributed by atoms with Crippen LogP contribution in [-0.2, 0) is 4.79 Å². The minimum Gasteiger partial charge on any atom is -0.396 e. The number of nitrogens with zero attached hydrogens (tertiary/aromatic N) is 1. The average molecular weight is 282 g/mol. The summed E-state index contributed by atoms with van der Waals surface area (Å²) in [4.78, 5) is 13.9. The van der Waals surface area contributed by atoms with Crippen LogP contribution in [-0.4, -0.2) is 24.2 Å². The highest BCUT2D eigenvalue weighted by atomic mass is 16.3. The van der Waals surface area contributed by atoms with Gasteiger partial charge in [-0.1, -0.05) is 30.3 Å². The van der Waals surface area contributed by atoms with Crippen LogP contribution in [0.2, 0.25) is 0 Å². The predicted octanol–water partition coefficient (Wildman–Crippen LogP) is 2.78. The van der Waals surface area contributed by atoms with Crippen LogP contribution < -0.4 is 10.2 Å². The Balaban J connectivity index is 1.88. The van der Waals surface area contributed by atoms with Crippen LogP contribution in [0.15, 0.2) is 54.6 Å². The van der Waals surface area contributed by atoms with E-state index in [0.717, 1.165) is 17.1 Å². The van der Waals surface area contributed by atoms with Crippen LogP contribution in [0, 0.1) is 5.92 Å². The molecule has 108 valence electrons. The molecule has 4 nitrogen and oxygen atoms in total. The number of anilines is 3. The number of aliphatic hydroxyl groups excluding tert-OH is 1. The van der Waals surface area contributed by atoms with Gasteiger partial charge in [0.05, 0.1) is 11.4 Å². The molecule has 21 heavy (non-hydrogen) atoms. The summed E-state index contributed by atoms with van der Waals surface area (Å²) >= 11 is 0. The van der Waals surface area contributed by atoms with Gasteiger partial charge >= 0.3 is 0 Å². The number of nitrogens with one attached hydrogen (secondary N) is 1. The van der Waals surface area contributed by atoms with Gasteiger partial charge in [-0.25, -0.2) is 0 Å². The minimum absolute atomic E-state index is 0.0299. The molecule has 1 fully saturated rings. The largest absolute Gasteiger partial charge is 0.396 e. The van der Waals surface area contributed by atoms with E-state index in [1.807, 2.05) is 54.6 Å². The van der Waals surface area contributed by atoms with Crippen molar-refractivity contribution >= 4 is 23.0 Å². The first-order chi connectivity index (χ1) is 10.3. The van der Waals surface area contributed by atoms with Crippen molar-refractivity contribution in [3.05, 3.63) is 54.6 Å². The fraction of sp³-hybridized carbons (Fsp3) is 0.235. The quantitative estimate of drug-likeness (QED) is 0.906. The van der Waals surface area contributed by atoms with E-state index in [1.54, 1.807) is 4.90 Å². The third-order valence-corrected chi connectivity index (χ3v) is 3.71. The van der Waals surface area contributed by atoms with Gasteiger partial charge in [0.1, 0.15) is 0 Å². The lowest BCUT2D eigenvalue weighted by Crippen LogP contribution is -2.25. The van der Waals surface area contributed by atoms with Crippen molar-refractivity contribution in [2.45, 2.75) is 6.42 Å². The Hall–Kier alpha value is -2.33. The molecule has 1 unspecified atom stereocenters. The molecule has 1 aliphatic rings. The van der Waals surface area contributed by atoms with Gasteiger partial charge in [-0.3, -0.25) is 4.79 Å². The normalized spacial score (nSPS) is 18.0. The molecule has 0 aromatic heterocycles. The second-order valence-electron chi connectivity index (χ2n) is 5.27. The molecular formula is C17H18N2O2. The molecule has 3 rings (SSSR count). The van der Waals surface area contributed by atoms with Gasteiger partial charge in [0.2, 0.25) is 5.91 Å². The lowest BCUT2D eigenvalue weighted by Gasteiger charge is -2.21. The Morgan fingerprint density at radius 3 is 2.52 bits per heavy atom. The van der Waals surface area contributed by atoms with Crippen molar-refractivity contribution in [1.82, 2.24) is 0 Å². The summed E-state index contributed by atoms with van der Waals surface area (Å²) in [6, 6.07) is 17.6. The second kappa shape index (κ2) is 5.97. The first-order valence-corrected chi connectivity index (χ1v) is 7.10. The van der Waals surface area contributed by atoms with E-state index in [-0.39, 0.29) is 18.4 Å². The van der Waals surface area contributed by atoms with Crippen LogP contribution >= 0.6 is 0 Å². The molecule has 0 saturated carbocycles. The highest BCUT2D eigenvalue weighted by Crippen LogP contribution is 2.32. The van der Waals surface area contributed by atoms with Gasteiger partial charge in [-0.05, 0) is 24.3 Å². The van der Waals surface area contributed by atoms with Crippen LogP contribution in [0.4, 0.5) is 17.1 Å². The van der Waals surface area contributed by atoms with Gasteiger partial charge < -0.3 is 15.3 Å². The Labute approximate surface area is 124 Å². The molecule has 0 aliphatic carbocycles. The number of benzene rings is 2. The summed E-state index contributed by atoms with van der Waals surface area (Å²) in [5.41, 5.74) is 2.74. The van der Waals surface area contributed by atoms with E-state index < -0.39 is 0 Å². The van der Waals surface area contributed by atoms with Gasteiger partial charge in [0.25, 0.3) is 0 Å². The SMILES string of the molecule is O=C1CC(CO)CN1c1ccccc1Nc1ccccc1. The van der Waals surface area contributed by atoms with E-state index in [9.17, 15) is 9.90 Å². The summed E-state index contributed by atoms with van der Waals surface area (Å²) in [5, 5.41) is 12.6. The fourth-order valence-electron chi connectivity index (χ4n) is 2.63. The van der Waals surface area contributed by atoms with Crippen LogP contribution in [0.5, 0.6) is 0 Å². The fourth-order valence-corrected chi connectivity index (χ4v) is 2.63. The molecule has 2 aromatic carbocycles. The smallest absolute Gasteiger partial charge is 0.227 e. The van der Waals surface area contributed by atoms with Crippen molar-refractivity contribution in [2.24, 2.45) is 5.92 Å². The number of aliphatic hydroxyl groups is 1. The zero-order valence-electron chi connectivity index (χ0n) is 11.7. The summed E-state index contributed by atoms with van der Waals surface area (Å²) in [6.07, 6.45) is 0.413. The first-order valence-electron chi connectivity index (χ1n) is 7.10. The molecule has 1 heterocycles. The molecule has 0 bridgehead atoms. The molecule has 2 N–H and O–H groups in total. The Kier molecular flexibility index (Phi) is 3.88. The molecule has 1 amide bonds. The zero-order chi connectivity index (χ0) is 14.7. The van der Waals surface area contributed by atoms with Crippen molar-refractivity contribution in [1.29, 1.82) is 0 Å². The number of carbonyl (C=O) groups is 1. The molecular weight excluding hydrogens is 264 g/mol. The number of carbonyl (C=O) groups excluding carboxylic acids is 1. The van der Waals surface area contributed by atoms with Crippen molar-refractivity contribution in [2.75, 3.05) is 23.4 Å². The topological polar surface area (TPSA) is 52.6 Å². The van der Waals surface area contributed by atoms with Gasteiger partial charge in [-0.15, -0.1) is 0 Å². The lowest BCUT2D eigenvalue weighted by atomic mass is 10.1. The third kappa shape index (κ3) is 2.90. The minimum atomic E-state index is 0.0299. The van der Waals surface area contributed by atoms with Crippen molar-refractivity contribution in [3.63, 3.8) is 0 Å². The molecule has 1 saturated heterocycles. The molecule has 0 spiro atoms. The maximum absolute atomic E-state index is 12.1. The van der Waals surface area contributed by atoms with Crippen molar-refractivity contribution in [3.8, 4) is 0 Å². The number of hydrogen-bond donors (Lipinski definition) is 2. The molecule has 1 aliphatic heterocycles. The molecule has 0 radical (unpaired) electrons. The lowest BCUT2D eigenvalue weighted by molar-refractivity contribution is -0.117. The van der Waals surface area contributed by atoms with Gasteiger partial charge in [-0.2, -0.15) is 0 Å². The summed E-state index contributed by atoms with van der Waals surface area (Å²) in [7, 11) is 0. The molecule has 2 aromatic rings. The number of para-hydroxylation sites is 3. The number of rotatable bonds is 4. The predicted molar refractivity (Wildman–Crippen MR) is 83.7 cm³/mol. The molecule has 4 heteroatoms. The van der Waals surface area contributed by atoms with E-state index in [0.29, 0.717) is 13.0 Å². The Morgan fingerprint density at radius 1 is 1.10 bits per heavy atom. The van der Waals surface area contributed by atoms with Crippen LogP contribution in [0.25, 0.3) is 0 Å². The first kappa shape index (κ1) is 13.6. The maximum Gasteiger partial charge on any atom is 0.227 e. The van der Waals surface area contributed by atoms with Crippen molar-refractivity contribution < 1.29 is 9.90 Å². The molecule has 1 atom stereocenters. The second-order valence-corrected chi connectivity index (χ2v) is 5.27. The monoisotopic (exact) mass is 282 g/mol. The van der Waals surface area contributed by atoms with E-state index in [2.05, 4.69) is 5.32 Å². The highest BCUT2D eigenvalue weighted by Gasteiger charge is 2.31. The highest BCUT2D eigenvalue weighted by molar-refractivity contribution is 5.99. The third-order valence-electron chi connectivity index (χ3n) is 3.71. The van der Waals surface area contributed by atoms with Gasteiger partial charge in [0, 0.05) is 31.2 Å². The summed E-state index contributed by atoms with van der Waals surface area (Å²) < 4.78 is 0. The Bertz CT molecular complexity index is 628. The summed E-state index contributed by atoms with van der Waals surface area (Å²) in [5.74, 6) is 0.0960. The average Bonchev–Trinajstić information content (AvgIpc) is 2.90. The van der Waals surface area contributed by atoms with Gasteiger partial charge in [0.15, 0.2) is 0 Å². The summed E-state index contributed by atoms with van der Waals surface area (Å²) in [6.45, 7) is 0.624. The number of hydrogen-bond acceptors (Lipinski definition) is 3. The van der Waals surface area contributed by atoms with E-state index >= 15 is 0 Å². The van der Waals surface area contributed by atoms with Crippen LogP contribution in [0.3, 0.4) is 0 Å². The van der Waals surface area contributed by atoms with E-state index in [4.69, 9.17) is 0 Å².